The number of nitrogens with zero attached hydrogens (tertiary/aromatic N) is 4. The number of carbonyl (C=O) groups is 1. The second-order valence-electron chi connectivity index (χ2n) is 8.41. The molecule has 1 N–H and O–H groups in total. The molecule has 1 aromatic carbocycles. The van der Waals surface area contributed by atoms with Gasteiger partial charge in [-0.05, 0) is 62.4 Å². The summed E-state index contributed by atoms with van der Waals surface area (Å²) in [4.78, 5) is 28.8. The number of halogens is 1. The first-order valence-electron chi connectivity index (χ1n) is 11.4. The highest BCUT2D eigenvalue weighted by Crippen LogP contribution is 2.34. The lowest BCUT2D eigenvalue weighted by Gasteiger charge is -2.30. The average Bonchev–Trinajstić information content (AvgIpc) is 3.35. The van der Waals surface area contributed by atoms with E-state index in [9.17, 15) is 9.18 Å². The van der Waals surface area contributed by atoms with Crippen LogP contribution in [0.3, 0.4) is 0 Å². The summed E-state index contributed by atoms with van der Waals surface area (Å²) in [6.45, 7) is 1.30. The summed E-state index contributed by atoms with van der Waals surface area (Å²) in [5.74, 6) is 0.814. The van der Waals surface area contributed by atoms with Crippen LogP contribution in [-0.2, 0) is 9.53 Å². The number of ether oxygens (including phenoxy) is 1. The number of rotatable bonds is 5. The zero-order chi connectivity index (χ0) is 22.6. The van der Waals surface area contributed by atoms with Gasteiger partial charge in [-0.1, -0.05) is 6.07 Å². The van der Waals surface area contributed by atoms with E-state index in [1.54, 1.807) is 24.5 Å². The van der Waals surface area contributed by atoms with Crippen LogP contribution in [0.15, 0.2) is 54.9 Å². The van der Waals surface area contributed by atoms with Crippen molar-refractivity contribution in [3.8, 4) is 11.3 Å². The summed E-state index contributed by atoms with van der Waals surface area (Å²) in [7, 11) is 0. The quantitative estimate of drug-likeness (QED) is 0.613. The van der Waals surface area contributed by atoms with Crippen LogP contribution in [0.1, 0.15) is 44.0 Å². The summed E-state index contributed by atoms with van der Waals surface area (Å²) in [5.41, 5.74) is 2.20. The predicted octanol–water partition coefficient (Wildman–Crippen LogP) is 4.65. The number of carbonyl (C=O) groups excluding carboxylic acids is 1. The van der Waals surface area contributed by atoms with Crippen LogP contribution in [0.4, 0.5) is 15.9 Å². The van der Waals surface area contributed by atoms with Crippen LogP contribution in [0, 0.1) is 5.82 Å². The van der Waals surface area contributed by atoms with Gasteiger partial charge in [-0.2, -0.15) is 0 Å². The third-order valence-electron chi connectivity index (χ3n) is 6.11. The molecule has 0 spiro atoms. The molecule has 7 nitrogen and oxygen atoms in total. The van der Waals surface area contributed by atoms with Gasteiger partial charge in [-0.25, -0.2) is 14.4 Å². The predicted molar refractivity (Wildman–Crippen MR) is 122 cm³/mol. The van der Waals surface area contributed by atoms with E-state index < -0.39 is 0 Å². The summed E-state index contributed by atoms with van der Waals surface area (Å²) in [5, 5.41) is 3.19. The maximum Gasteiger partial charge on any atom is 0.252 e. The van der Waals surface area contributed by atoms with Crippen LogP contribution in [0.5, 0.6) is 0 Å². The number of hydrogen-bond donors (Lipinski definition) is 1. The number of pyridine rings is 1. The molecule has 2 aliphatic rings. The largest absolute Gasteiger partial charge is 0.368 e. The van der Waals surface area contributed by atoms with E-state index in [0.29, 0.717) is 30.5 Å². The molecule has 2 aliphatic heterocycles. The van der Waals surface area contributed by atoms with Crippen LogP contribution < -0.4 is 5.32 Å². The normalized spacial score (nSPS) is 20.6. The molecule has 8 heteroatoms. The maximum atomic E-state index is 13.7. The van der Waals surface area contributed by atoms with Crippen molar-refractivity contribution in [3.05, 3.63) is 66.5 Å². The minimum Gasteiger partial charge on any atom is -0.368 e. The number of likely N-dealkylation sites (tertiary alicyclic amines) is 1. The molecule has 0 aliphatic carbocycles. The summed E-state index contributed by atoms with van der Waals surface area (Å²) >= 11 is 0. The highest BCUT2D eigenvalue weighted by atomic mass is 19.1. The van der Waals surface area contributed by atoms with Gasteiger partial charge in [0.1, 0.15) is 17.7 Å². The highest BCUT2D eigenvalue weighted by Gasteiger charge is 2.36. The summed E-state index contributed by atoms with van der Waals surface area (Å²) < 4.78 is 19.5. The summed E-state index contributed by atoms with van der Waals surface area (Å²) in [6.07, 6.45) is 7.48. The van der Waals surface area contributed by atoms with Crippen LogP contribution in [0.25, 0.3) is 11.3 Å². The molecule has 2 atom stereocenters. The first-order valence-corrected chi connectivity index (χ1v) is 11.4. The Bertz CT molecular complexity index is 1120. The SMILES string of the molecule is O=C([C@H]1CCCCO1)N1CCC[C@H]1c1nc(Nc2cccc(F)c2)cc(-c2ccncc2)n1. The van der Waals surface area contributed by atoms with Crippen molar-refractivity contribution < 1.29 is 13.9 Å². The lowest BCUT2D eigenvalue weighted by molar-refractivity contribution is -0.147. The van der Waals surface area contributed by atoms with E-state index in [-0.39, 0.29) is 23.9 Å². The van der Waals surface area contributed by atoms with Gasteiger partial charge in [0.15, 0.2) is 5.82 Å². The number of amides is 1. The second kappa shape index (κ2) is 9.62. The van der Waals surface area contributed by atoms with E-state index in [0.717, 1.165) is 43.4 Å². The smallest absolute Gasteiger partial charge is 0.252 e. The van der Waals surface area contributed by atoms with E-state index in [1.807, 2.05) is 23.1 Å². The Balaban J connectivity index is 1.49. The molecule has 2 aromatic heterocycles. The number of anilines is 2. The highest BCUT2D eigenvalue weighted by molar-refractivity contribution is 5.81. The fourth-order valence-electron chi connectivity index (χ4n) is 4.48. The summed E-state index contributed by atoms with van der Waals surface area (Å²) in [6, 6.07) is 11.6. The lowest BCUT2D eigenvalue weighted by atomic mass is 10.1. The molecular weight excluding hydrogens is 421 g/mol. The lowest BCUT2D eigenvalue weighted by Crippen LogP contribution is -2.41. The number of benzene rings is 1. The first kappa shape index (κ1) is 21.5. The average molecular weight is 448 g/mol. The molecule has 0 unspecified atom stereocenters. The fraction of sp³-hybridized carbons (Fsp3) is 0.360. The monoisotopic (exact) mass is 447 g/mol. The molecule has 2 saturated heterocycles. The van der Waals surface area contributed by atoms with Crippen LogP contribution in [0.2, 0.25) is 0 Å². The Morgan fingerprint density at radius 1 is 1.06 bits per heavy atom. The third kappa shape index (κ3) is 4.85. The second-order valence-corrected chi connectivity index (χ2v) is 8.41. The van der Waals surface area contributed by atoms with Gasteiger partial charge >= 0.3 is 0 Å². The van der Waals surface area contributed by atoms with E-state index >= 15 is 0 Å². The minimum atomic E-state index is -0.382. The first-order chi connectivity index (χ1) is 16.2. The van der Waals surface area contributed by atoms with Crippen LogP contribution in [-0.4, -0.2) is 45.0 Å². The number of hydrogen-bond acceptors (Lipinski definition) is 6. The molecule has 0 bridgehead atoms. The van der Waals surface area contributed by atoms with Crippen LogP contribution >= 0.6 is 0 Å². The Morgan fingerprint density at radius 2 is 1.94 bits per heavy atom. The molecule has 170 valence electrons. The molecule has 0 saturated carbocycles. The van der Waals surface area contributed by atoms with Gasteiger partial charge in [0.2, 0.25) is 0 Å². The molecule has 3 aromatic rings. The molecule has 4 heterocycles. The Labute approximate surface area is 192 Å². The van der Waals surface area contributed by atoms with Crippen molar-refractivity contribution in [2.75, 3.05) is 18.5 Å². The van der Waals surface area contributed by atoms with Crippen molar-refractivity contribution >= 4 is 17.4 Å². The Hall–Kier alpha value is -3.39. The molecule has 1 amide bonds. The van der Waals surface area contributed by atoms with Gasteiger partial charge < -0.3 is 15.0 Å². The van der Waals surface area contributed by atoms with Crippen molar-refractivity contribution in [1.29, 1.82) is 0 Å². The molecule has 2 fully saturated rings. The minimum absolute atomic E-state index is 0.0229. The van der Waals surface area contributed by atoms with Gasteiger partial charge in [0, 0.05) is 42.9 Å². The molecule has 5 rings (SSSR count). The molecule has 33 heavy (non-hydrogen) atoms. The standard InChI is InChI=1S/C25H26FN5O2/c26-18-5-3-6-19(15-18)28-23-16-20(17-9-11-27-12-10-17)29-24(30-23)21-7-4-13-31(21)25(32)22-8-1-2-14-33-22/h3,5-6,9-12,15-16,21-22H,1-2,4,7-8,13-14H2,(H,28,29,30)/t21-,22+/m0/s1. The van der Waals surface area contributed by atoms with E-state index in [2.05, 4.69) is 10.3 Å². The maximum absolute atomic E-state index is 13.7. The Kier molecular flexibility index (Phi) is 6.26. The van der Waals surface area contributed by atoms with Crippen molar-refractivity contribution in [2.24, 2.45) is 0 Å². The molecular formula is C25H26FN5O2. The topological polar surface area (TPSA) is 80.2 Å². The zero-order valence-corrected chi connectivity index (χ0v) is 18.3. The Morgan fingerprint density at radius 3 is 2.73 bits per heavy atom. The van der Waals surface area contributed by atoms with Crippen molar-refractivity contribution in [2.45, 2.75) is 44.2 Å². The van der Waals surface area contributed by atoms with E-state index in [1.165, 1.54) is 12.1 Å². The fourth-order valence-corrected chi connectivity index (χ4v) is 4.48. The number of aromatic nitrogens is 3. The van der Waals surface area contributed by atoms with Gasteiger partial charge in [0.25, 0.3) is 5.91 Å². The molecule has 0 radical (unpaired) electrons. The number of nitrogens with one attached hydrogen (secondary N) is 1. The zero-order valence-electron chi connectivity index (χ0n) is 18.3. The van der Waals surface area contributed by atoms with E-state index in [4.69, 9.17) is 14.7 Å². The van der Waals surface area contributed by atoms with Gasteiger partial charge in [-0.3, -0.25) is 9.78 Å². The van der Waals surface area contributed by atoms with Gasteiger partial charge in [-0.15, -0.1) is 0 Å². The van der Waals surface area contributed by atoms with Gasteiger partial charge in [0.05, 0.1) is 11.7 Å². The van der Waals surface area contributed by atoms with Crippen molar-refractivity contribution in [3.63, 3.8) is 0 Å². The third-order valence-corrected chi connectivity index (χ3v) is 6.11. The van der Waals surface area contributed by atoms with Crippen molar-refractivity contribution in [1.82, 2.24) is 19.9 Å².